The van der Waals surface area contributed by atoms with Crippen molar-refractivity contribution in [3.8, 4) is 0 Å². The highest BCUT2D eigenvalue weighted by Gasteiger charge is 2.29. The van der Waals surface area contributed by atoms with E-state index in [9.17, 15) is 22.4 Å². The maximum Gasteiger partial charge on any atom is 0.262 e. The van der Waals surface area contributed by atoms with Crippen LogP contribution in [0.4, 0.5) is 10.1 Å². The van der Waals surface area contributed by atoms with Crippen LogP contribution in [0.5, 0.6) is 0 Å². The number of aromatic nitrogens is 1. The fraction of sp³-hybridized carbons (Fsp3) is 0.333. The second-order valence-electron chi connectivity index (χ2n) is 8.67. The zero-order valence-electron chi connectivity index (χ0n) is 18.4. The van der Waals surface area contributed by atoms with Gasteiger partial charge in [-0.05, 0) is 48.6 Å². The molecule has 9 heteroatoms. The predicted molar refractivity (Wildman–Crippen MR) is 125 cm³/mol. The number of carbonyl (C=O) groups excluding carboxylic acids is 1. The zero-order chi connectivity index (χ0) is 23.8. The molecule has 2 aromatic carbocycles. The summed E-state index contributed by atoms with van der Waals surface area (Å²) >= 11 is 0. The average Bonchev–Trinajstić information content (AvgIpc) is 2.78. The molecule has 174 valence electrons. The van der Waals surface area contributed by atoms with Gasteiger partial charge in [-0.3, -0.25) is 14.3 Å². The number of para-hydroxylation sites is 1. The van der Waals surface area contributed by atoms with Crippen molar-refractivity contribution in [2.24, 2.45) is 11.8 Å². The normalized spacial score (nSPS) is 21.0. The van der Waals surface area contributed by atoms with Crippen LogP contribution in [0, 0.1) is 17.7 Å². The molecule has 0 saturated heterocycles. The molecule has 1 aliphatic carbocycles. The van der Waals surface area contributed by atoms with Gasteiger partial charge in [0.1, 0.15) is 11.4 Å². The van der Waals surface area contributed by atoms with Crippen molar-refractivity contribution in [3.63, 3.8) is 0 Å². The van der Waals surface area contributed by atoms with Gasteiger partial charge in [-0.2, -0.15) is 0 Å². The van der Waals surface area contributed by atoms with Crippen molar-refractivity contribution >= 4 is 32.5 Å². The van der Waals surface area contributed by atoms with Crippen LogP contribution in [-0.2, 0) is 10.0 Å². The largest absolute Gasteiger partial charge is 0.360 e. The third-order valence-electron chi connectivity index (χ3n) is 6.55. The Labute approximate surface area is 191 Å². The average molecular weight is 472 g/mol. The molecular weight excluding hydrogens is 445 g/mol. The Morgan fingerprint density at radius 1 is 1.12 bits per heavy atom. The van der Waals surface area contributed by atoms with Gasteiger partial charge in [0.05, 0.1) is 10.6 Å². The molecule has 1 saturated carbocycles. The van der Waals surface area contributed by atoms with E-state index in [1.54, 1.807) is 0 Å². The van der Waals surface area contributed by atoms with Crippen molar-refractivity contribution in [1.29, 1.82) is 0 Å². The number of nitrogens with one attached hydrogen (secondary N) is 3. The third-order valence-corrected chi connectivity index (χ3v) is 7.91. The highest BCUT2D eigenvalue weighted by atomic mass is 32.2. The molecule has 3 atom stereocenters. The number of hydrogen-bond acceptors (Lipinski definition) is 4. The fourth-order valence-corrected chi connectivity index (χ4v) is 5.41. The number of amides is 1. The second-order valence-corrected chi connectivity index (χ2v) is 10.4. The zero-order valence-corrected chi connectivity index (χ0v) is 19.2. The van der Waals surface area contributed by atoms with E-state index in [0.717, 1.165) is 25.3 Å². The lowest BCUT2D eigenvalue weighted by Gasteiger charge is -2.34. The van der Waals surface area contributed by atoms with Gasteiger partial charge in [0.25, 0.3) is 15.9 Å². The third kappa shape index (κ3) is 4.64. The topological polar surface area (TPSA) is 108 Å². The molecule has 33 heavy (non-hydrogen) atoms. The Bertz CT molecular complexity index is 1370. The summed E-state index contributed by atoms with van der Waals surface area (Å²) in [4.78, 5) is 28.7. The van der Waals surface area contributed by atoms with Gasteiger partial charge in [0, 0.05) is 23.1 Å². The summed E-state index contributed by atoms with van der Waals surface area (Å²) in [7, 11) is -4.16. The molecule has 1 heterocycles. The van der Waals surface area contributed by atoms with E-state index in [4.69, 9.17) is 0 Å². The number of pyridine rings is 1. The lowest BCUT2D eigenvalue weighted by atomic mass is 9.78. The number of fused-ring (bicyclic) bond motifs is 1. The minimum absolute atomic E-state index is 0.0203. The maximum atomic E-state index is 13.9. The quantitative estimate of drug-likeness (QED) is 0.522. The fourth-order valence-electron chi connectivity index (χ4n) is 4.31. The number of rotatable bonds is 5. The Morgan fingerprint density at radius 2 is 1.88 bits per heavy atom. The molecule has 0 spiro atoms. The lowest BCUT2D eigenvalue weighted by molar-refractivity contribution is 0.0890. The van der Waals surface area contributed by atoms with Gasteiger partial charge >= 0.3 is 0 Å². The van der Waals surface area contributed by atoms with Crippen LogP contribution in [-0.4, -0.2) is 25.4 Å². The number of aromatic amines is 1. The van der Waals surface area contributed by atoms with Crippen molar-refractivity contribution in [3.05, 3.63) is 70.3 Å². The Hall–Kier alpha value is -3.20. The van der Waals surface area contributed by atoms with Crippen LogP contribution in [0.1, 0.15) is 43.5 Å². The molecule has 1 aliphatic rings. The molecule has 0 radical (unpaired) electrons. The van der Waals surface area contributed by atoms with E-state index in [2.05, 4.69) is 28.9 Å². The van der Waals surface area contributed by atoms with Crippen LogP contribution < -0.4 is 15.5 Å². The molecular formula is C24H26FN3O4S. The summed E-state index contributed by atoms with van der Waals surface area (Å²) in [5.41, 5.74) is -0.457. The summed E-state index contributed by atoms with van der Waals surface area (Å²) in [5, 5.41) is 3.03. The molecule has 4 rings (SSSR count). The van der Waals surface area contributed by atoms with Gasteiger partial charge in [-0.1, -0.05) is 38.8 Å². The summed E-state index contributed by atoms with van der Waals surface area (Å²) < 4.78 is 41.7. The van der Waals surface area contributed by atoms with Gasteiger partial charge in [0.2, 0.25) is 5.43 Å². The molecule has 3 aromatic rings. The van der Waals surface area contributed by atoms with Crippen LogP contribution in [0.2, 0.25) is 0 Å². The first-order valence-corrected chi connectivity index (χ1v) is 12.4. The van der Waals surface area contributed by atoms with Crippen LogP contribution in [0.15, 0.2) is 58.4 Å². The standard InChI is InChI=1S/C24H26FN3O4S/c1-14-6-5-9-20(15(14)2)27-24(30)18-13-26-21-11-10-16(12-17(21)23(18)29)33(31,32)28-22-8-4-3-7-19(22)25/h3-4,7-8,10-15,20,28H,5-6,9H2,1-2H3,(H,26,29)(H,27,30)/t14-,15-,20-/m1/s1. The number of benzene rings is 2. The van der Waals surface area contributed by atoms with Gasteiger partial charge in [0.15, 0.2) is 0 Å². The van der Waals surface area contributed by atoms with E-state index in [1.807, 2.05) is 0 Å². The summed E-state index contributed by atoms with van der Waals surface area (Å²) in [6.45, 7) is 4.25. The minimum atomic E-state index is -4.16. The molecule has 7 nitrogen and oxygen atoms in total. The van der Waals surface area contributed by atoms with Crippen molar-refractivity contribution in [1.82, 2.24) is 10.3 Å². The van der Waals surface area contributed by atoms with E-state index < -0.39 is 27.2 Å². The van der Waals surface area contributed by atoms with Gasteiger partial charge in [-0.25, -0.2) is 12.8 Å². The first kappa shape index (κ1) is 23.0. The molecule has 1 aromatic heterocycles. The number of halogens is 1. The van der Waals surface area contributed by atoms with Crippen molar-refractivity contribution in [2.75, 3.05) is 4.72 Å². The molecule has 1 amide bonds. The summed E-state index contributed by atoms with van der Waals surface area (Å²) in [6.07, 6.45) is 4.33. The minimum Gasteiger partial charge on any atom is -0.360 e. The van der Waals surface area contributed by atoms with Crippen molar-refractivity contribution < 1.29 is 17.6 Å². The maximum absolute atomic E-state index is 13.9. The SMILES string of the molecule is C[C@@H]1[C@H](C)CCC[C@H]1NC(=O)c1c[nH]c2ccc(S(=O)(=O)Nc3ccccc3F)cc2c1=O. The Morgan fingerprint density at radius 3 is 2.64 bits per heavy atom. The van der Waals surface area contributed by atoms with Crippen LogP contribution in [0.3, 0.4) is 0 Å². The Balaban J connectivity index is 1.65. The summed E-state index contributed by atoms with van der Waals surface area (Å²) in [6, 6.07) is 9.32. The van der Waals surface area contributed by atoms with E-state index in [1.165, 1.54) is 42.6 Å². The van der Waals surface area contributed by atoms with E-state index >= 15 is 0 Å². The molecule has 0 bridgehead atoms. The highest BCUT2D eigenvalue weighted by Crippen LogP contribution is 2.29. The Kier molecular flexibility index (Phi) is 6.25. The van der Waals surface area contributed by atoms with E-state index in [-0.39, 0.29) is 27.6 Å². The van der Waals surface area contributed by atoms with E-state index in [0.29, 0.717) is 17.4 Å². The molecule has 1 fully saturated rings. The van der Waals surface area contributed by atoms with Gasteiger partial charge < -0.3 is 10.3 Å². The first-order valence-electron chi connectivity index (χ1n) is 10.9. The smallest absolute Gasteiger partial charge is 0.262 e. The molecule has 3 N–H and O–H groups in total. The summed E-state index contributed by atoms with van der Waals surface area (Å²) in [5.74, 6) is -0.427. The van der Waals surface area contributed by atoms with Gasteiger partial charge in [-0.15, -0.1) is 0 Å². The van der Waals surface area contributed by atoms with Crippen LogP contribution >= 0.6 is 0 Å². The number of carbonyl (C=O) groups is 1. The second kappa shape index (κ2) is 8.97. The number of anilines is 1. The number of hydrogen-bond donors (Lipinski definition) is 3. The number of sulfonamides is 1. The van der Waals surface area contributed by atoms with Crippen LogP contribution in [0.25, 0.3) is 10.9 Å². The lowest BCUT2D eigenvalue weighted by Crippen LogP contribution is -2.44. The first-order chi connectivity index (χ1) is 15.7. The predicted octanol–water partition coefficient (Wildman–Crippen LogP) is 4.02. The van der Waals surface area contributed by atoms with Crippen molar-refractivity contribution in [2.45, 2.75) is 44.0 Å². The molecule has 0 unspecified atom stereocenters. The monoisotopic (exact) mass is 471 g/mol. The number of H-pyrrole nitrogens is 1. The molecule has 0 aliphatic heterocycles. The highest BCUT2D eigenvalue weighted by molar-refractivity contribution is 7.92.